The first-order chi connectivity index (χ1) is 9.85. The molecule has 0 aliphatic rings. The summed E-state index contributed by atoms with van der Waals surface area (Å²) >= 11 is 9.04. The zero-order valence-corrected chi connectivity index (χ0v) is 13.8. The van der Waals surface area contributed by atoms with Crippen LogP contribution in [0.5, 0.6) is 0 Å². The van der Waals surface area contributed by atoms with Crippen LogP contribution in [-0.2, 0) is 16.6 Å². The van der Waals surface area contributed by atoms with Gasteiger partial charge in [0, 0.05) is 16.6 Å². The molecule has 0 amide bonds. The lowest BCUT2D eigenvalue weighted by Crippen LogP contribution is -2.16. The van der Waals surface area contributed by atoms with E-state index >= 15 is 0 Å². The summed E-state index contributed by atoms with van der Waals surface area (Å²) in [6, 6.07) is 8.90. The van der Waals surface area contributed by atoms with Gasteiger partial charge in [-0.3, -0.25) is 4.72 Å². The molecule has 0 unspecified atom stereocenters. The van der Waals surface area contributed by atoms with E-state index in [4.69, 9.17) is 17.3 Å². The number of hydrogen-bond donors (Lipinski definition) is 2. The predicted octanol–water partition coefficient (Wildman–Crippen LogP) is 3.50. The van der Waals surface area contributed by atoms with Crippen molar-refractivity contribution < 1.29 is 12.8 Å². The van der Waals surface area contributed by atoms with Crippen molar-refractivity contribution in [2.45, 2.75) is 11.4 Å². The molecule has 4 nitrogen and oxygen atoms in total. The SMILES string of the molecule is NCc1cc(Br)cc(S(=O)(=O)Nc2ccccc2Cl)c1F. The smallest absolute Gasteiger partial charge is 0.264 e. The Labute approximate surface area is 135 Å². The van der Waals surface area contributed by atoms with Gasteiger partial charge in [-0.15, -0.1) is 0 Å². The second-order valence-corrected chi connectivity index (χ2v) is 7.14. The van der Waals surface area contributed by atoms with Crippen LogP contribution in [0.2, 0.25) is 5.02 Å². The molecule has 0 fully saturated rings. The summed E-state index contributed by atoms with van der Waals surface area (Å²) in [4.78, 5) is -0.489. The number of halogens is 3. The van der Waals surface area contributed by atoms with E-state index in [0.717, 1.165) is 0 Å². The van der Waals surface area contributed by atoms with Gasteiger partial charge in [0.1, 0.15) is 10.7 Å². The third kappa shape index (κ3) is 3.55. The van der Waals surface area contributed by atoms with Crippen molar-refractivity contribution in [2.24, 2.45) is 5.73 Å². The van der Waals surface area contributed by atoms with Crippen LogP contribution in [-0.4, -0.2) is 8.42 Å². The second-order valence-electron chi connectivity index (χ2n) is 4.17. The molecule has 0 radical (unpaired) electrons. The number of nitrogens with one attached hydrogen (secondary N) is 1. The van der Waals surface area contributed by atoms with Gasteiger partial charge in [-0.05, 0) is 24.3 Å². The number of hydrogen-bond acceptors (Lipinski definition) is 3. The Balaban J connectivity index is 2.50. The minimum atomic E-state index is -4.12. The van der Waals surface area contributed by atoms with E-state index in [-0.39, 0.29) is 22.8 Å². The molecular formula is C13H11BrClFN2O2S. The minimum absolute atomic E-state index is 0.101. The van der Waals surface area contributed by atoms with Crippen LogP contribution < -0.4 is 10.5 Å². The number of para-hydroxylation sites is 1. The zero-order valence-electron chi connectivity index (χ0n) is 10.6. The zero-order chi connectivity index (χ0) is 15.6. The highest BCUT2D eigenvalue weighted by Gasteiger charge is 2.22. The molecule has 0 saturated heterocycles. The van der Waals surface area contributed by atoms with E-state index < -0.39 is 20.7 Å². The minimum Gasteiger partial charge on any atom is -0.326 e. The van der Waals surface area contributed by atoms with E-state index in [0.29, 0.717) is 4.47 Å². The molecule has 3 N–H and O–H groups in total. The van der Waals surface area contributed by atoms with Gasteiger partial charge in [-0.2, -0.15) is 0 Å². The Hall–Kier alpha value is -1.15. The van der Waals surface area contributed by atoms with Gasteiger partial charge in [0.2, 0.25) is 0 Å². The average molecular weight is 394 g/mol. The Morgan fingerprint density at radius 3 is 2.57 bits per heavy atom. The van der Waals surface area contributed by atoms with Crippen molar-refractivity contribution in [1.82, 2.24) is 0 Å². The molecule has 2 rings (SSSR count). The van der Waals surface area contributed by atoms with E-state index in [9.17, 15) is 12.8 Å². The van der Waals surface area contributed by atoms with Crippen molar-refractivity contribution in [3.8, 4) is 0 Å². The van der Waals surface area contributed by atoms with E-state index in [1.807, 2.05) is 0 Å². The lowest BCUT2D eigenvalue weighted by Gasteiger charge is -2.12. The molecule has 0 saturated carbocycles. The Morgan fingerprint density at radius 1 is 1.29 bits per heavy atom. The van der Waals surface area contributed by atoms with E-state index in [2.05, 4.69) is 20.7 Å². The summed E-state index contributed by atoms with van der Waals surface area (Å²) in [7, 11) is -4.12. The molecule has 2 aromatic carbocycles. The first-order valence-corrected chi connectivity index (χ1v) is 8.46. The third-order valence-electron chi connectivity index (χ3n) is 2.71. The quantitative estimate of drug-likeness (QED) is 0.835. The van der Waals surface area contributed by atoms with Crippen molar-refractivity contribution in [3.05, 3.63) is 57.3 Å². The molecule has 2 aromatic rings. The van der Waals surface area contributed by atoms with Gasteiger partial charge >= 0.3 is 0 Å². The summed E-state index contributed by atoms with van der Waals surface area (Å²) in [5.41, 5.74) is 5.69. The summed E-state index contributed by atoms with van der Waals surface area (Å²) in [6.45, 7) is -0.111. The maximum atomic E-state index is 14.2. The predicted molar refractivity (Wildman–Crippen MR) is 84.3 cm³/mol. The van der Waals surface area contributed by atoms with Gasteiger partial charge in [0.15, 0.2) is 0 Å². The second kappa shape index (κ2) is 6.31. The fourth-order valence-corrected chi connectivity index (χ4v) is 3.83. The van der Waals surface area contributed by atoms with E-state index in [1.54, 1.807) is 12.1 Å². The fraction of sp³-hybridized carbons (Fsp3) is 0.0769. The summed E-state index contributed by atoms with van der Waals surface area (Å²) in [5, 5.41) is 0.218. The highest BCUT2D eigenvalue weighted by molar-refractivity contribution is 9.10. The first kappa shape index (κ1) is 16.2. The molecule has 8 heteroatoms. The highest BCUT2D eigenvalue weighted by Crippen LogP contribution is 2.28. The molecule has 0 aliphatic carbocycles. The Kier molecular flexibility index (Phi) is 4.88. The molecule has 0 atom stereocenters. The van der Waals surface area contributed by atoms with Crippen LogP contribution in [0.3, 0.4) is 0 Å². The van der Waals surface area contributed by atoms with Crippen LogP contribution in [0.15, 0.2) is 45.8 Å². The number of sulfonamides is 1. The topological polar surface area (TPSA) is 72.2 Å². The molecule has 21 heavy (non-hydrogen) atoms. The van der Waals surface area contributed by atoms with Crippen LogP contribution in [0.4, 0.5) is 10.1 Å². The molecule has 0 aliphatic heterocycles. The number of benzene rings is 2. The van der Waals surface area contributed by atoms with Gasteiger partial charge in [0.25, 0.3) is 10.0 Å². The normalized spacial score (nSPS) is 11.4. The van der Waals surface area contributed by atoms with Crippen molar-refractivity contribution in [2.75, 3.05) is 4.72 Å². The monoisotopic (exact) mass is 392 g/mol. The molecule has 112 valence electrons. The van der Waals surface area contributed by atoms with Gasteiger partial charge in [-0.25, -0.2) is 12.8 Å². The lowest BCUT2D eigenvalue weighted by molar-refractivity contribution is 0.560. The lowest BCUT2D eigenvalue weighted by atomic mass is 10.2. The van der Waals surface area contributed by atoms with Crippen LogP contribution in [0.1, 0.15) is 5.56 Å². The van der Waals surface area contributed by atoms with Crippen molar-refractivity contribution in [1.29, 1.82) is 0 Å². The van der Waals surface area contributed by atoms with Crippen LogP contribution >= 0.6 is 27.5 Å². The summed E-state index contributed by atoms with van der Waals surface area (Å²) in [5.74, 6) is -0.875. The maximum Gasteiger partial charge on any atom is 0.264 e. The van der Waals surface area contributed by atoms with E-state index in [1.165, 1.54) is 24.3 Å². The number of rotatable bonds is 4. The van der Waals surface area contributed by atoms with Gasteiger partial charge < -0.3 is 5.73 Å². The average Bonchev–Trinajstić information content (AvgIpc) is 2.43. The highest BCUT2D eigenvalue weighted by atomic mass is 79.9. The Morgan fingerprint density at radius 2 is 1.95 bits per heavy atom. The molecular weight excluding hydrogens is 383 g/mol. The molecule has 0 aromatic heterocycles. The van der Waals surface area contributed by atoms with Crippen LogP contribution in [0.25, 0.3) is 0 Å². The number of nitrogens with two attached hydrogens (primary N) is 1. The molecule has 0 bridgehead atoms. The molecule has 0 heterocycles. The van der Waals surface area contributed by atoms with Gasteiger partial charge in [0.05, 0.1) is 10.7 Å². The third-order valence-corrected chi connectivity index (χ3v) is 4.86. The van der Waals surface area contributed by atoms with Gasteiger partial charge in [-0.1, -0.05) is 39.7 Å². The fourth-order valence-electron chi connectivity index (χ4n) is 1.71. The molecule has 0 spiro atoms. The standard InChI is InChI=1S/C13H11BrClFN2O2S/c14-9-5-8(7-17)13(16)12(6-9)21(19,20)18-11-4-2-1-3-10(11)15/h1-6,18H,7,17H2. The maximum absolute atomic E-state index is 14.2. The van der Waals surface area contributed by atoms with Crippen LogP contribution in [0, 0.1) is 5.82 Å². The summed E-state index contributed by atoms with van der Waals surface area (Å²) in [6.07, 6.45) is 0. The largest absolute Gasteiger partial charge is 0.326 e. The van der Waals surface area contributed by atoms with Crippen molar-refractivity contribution in [3.63, 3.8) is 0 Å². The van der Waals surface area contributed by atoms with Crippen molar-refractivity contribution >= 4 is 43.2 Å². The Bertz CT molecular complexity index is 784. The first-order valence-electron chi connectivity index (χ1n) is 5.80. The number of anilines is 1. The summed E-state index contributed by atoms with van der Waals surface area (Å²) < 4.78 is 41.5.